The Kier molecular flexibility index (Phi) is 5.43. The van der Waals surface area contributed by atoms with Crippen LogP contribution in [0.5, 0.6) is 0 Å². The maximum absolute atomic E-state index is 14.4. The van der Waals surface area contributed by atoms with Crippen LogP contribution in [0.15, 0.2) is 53.7 Å². The van der Waals surface area contributed by atoms with E-state index in [-0.39, 0.29) is 11.7 Å². The number of carbonyl (C=O) groups is 1. The van der Waals surface area contributed by atoms with Crippen LogP contribution in [0, 0.1) is 12.7 Å². The molecular formula is C21H21FN4OS. The molecule has 0 radical (unpaired) electrons. The van der Waals surface area contributed by atoms with Gasteiger partial charge in [0.05, 0.1) is 11.3 Å². The monoisotopic (exact) mass is 396 g/mol. The largest absolute Gasteiger partial charge is 0.342 e. The summed E-state index contributed by atoms with van der Waals surface area (Å²) in [6.45, 7) is 3.66. The fourth-order valence-electron chi connectivity index (χ4n) is 3.29. The average molecular weight is 396 g/mol. The third-order valence-electron chi connectivity index (χ3n) is 4.82. The van der Waals surface area contributed by atoms with Gasteiger partial charge in [0.15, 0.2) is 11.0 Å². The van der Waals surface area contributed by atoms with Crippen molar-refractivity contribution in [3.8, 4) is 17.1 Å². The zero-order valence-electron chi connectivity index (χ0n) is 15.6. The number of benzene rings is 2. The number of nitrogens with zero attached hydrogens (tertiary/aromatic N) is 4. The smallest absolute Gasteiger partial charge is 0.233 e. The Morgan fingerprint density at radius 1 is 1.07 bits per heavy atom. The van der Waals surface area contributed by atoms with E-state index in [0.717, 1.165) is 37.2 Å². The van der Waals surface area contributed by atoms with Gasteiger partial charge in [-0.05, 0) is 44.0 Å². The van der Waals surface area contributed by atoms with Gasteiger partial charge in [0, 0.05) is 18.8 Å². The van der Waals surface area contributed by atoms with Gasteiger partial charge < -0.3 is 4.90 Å². The lowest BCUT2D eigenvalue weighted by molar-refractivity contribution is -0.127. The molecule has 5 nitrogen and oxygen atoms in total. The summed E-state index contributed by atoms with van der Waals surface area (Å²) >= 11 is 1.34. The molecule has 1 aliphatic rings. The summed E-state index contributed by atoms with van der Waals surface area (Å²) in [4.78, 5) is 14.3. The Balaban J connectivity index is 1.69. The molecule has 28 heavy (non-hydrogen) atoms. The molecule has 0 bridgehead atoms. The molecule has 1 amide bonds. The molecule has 144 valence electrons. The minimum atomic E-state index is -0.354. The topological polar surface area (TPSA) is 51.0 Å². The van der Waals surface area contributed by atoms with Crippen LogP contribution in [0.2, 0.25) is 0 Å². The van der Waals surface area contributed by atoms with Crippen LogP contribution >= 0.6 is 11.8 Å². The van der Waals surface area contributed by atoms with E-state index in [9.17, 15) is 9.18 Å². The lowest BCUT2D eigenvalue weighted by Crippen LogP contribution is -2.29. The van der Waals surface area contributed by atoms with E-state index in [1.54, 1.807) is 18.2 Å². The van der Waals surface area contributed by atoms with Crippen LogP contribution in [0.1, 0.15) is 18.4 Å². The zero-order chi connectivity index (χ0) is 19.5. The van der Waals surface area contributed by atoms with E-state index in [0.29, 0.717) is 22.3 Å². The molecule has 1 aromatic heterocycles. The van der Waals surface area contributed by atoms with Gasteiger partial charge >= 0.3 is 0 Å². The predicted molar refractivity (Wildman–Crippen MR) is 108 cm³/mol. The van der Waals surface area contributed by atoms with Gasteiger partial charge in [-0.3, -0.25) is 9.36 Å². The van der Waals surface area contributed by atoms with Crippen LogP contribution in [0.4, 0.5) is 4.39 Å². The van der Waals surface area contributed by atoms with Crippen LogP contribution in [0.25, 0.3) is 17.1 Å². The molecule has 0 N–H and O–H groups in total. The SMILES string of the molecule is Cc1ccc(-n2c(SCC(=O)N3CCCC3)nnc2-c2ccccc2F)cc1. The number of aryl methyl sites for hydroxylation is 1. The second-order valence-electron chi connectivity index (χ2n) is 6.83. The molecule has 0 aliphatic carbocycles. The van der Waals surface area contributed by atoms with E-state index < -0.39 is 0 Å². The lowest BCUT2D eigenvalue weighted by atomic mass is 10.2. The summed E-state index contributed by atoms with van der Waals surface area (Å²) in [6, 6.07) is 14.4. The third-order valence-corrected chi connectivity index (χ3v) is 5.74. The molecule has 1 saturated heterocycles. The Hall–Kier alpha value is -2.67. The van der Waals surface area contributed by atoms with Crippen molar-refractivity contribution < 1.29 is 9.18 Å². The van der Waals surface area contributed by atoms with Crippen molar-refractivity contribution in [2.24, 2.45) is 0 Å². The van der Waals surface area contributed by atoms with Crippen molar-refractivity contribution in [3.05, 3.63) is 59.9 Å². The molecule has 0 saturated carbocycles. The molecule has 0 unspecified atom stereocenters. The van der Waals surface area contributed by atoms with Crippen LogP contribution in [0.3, 0.4) is 0 Å². The van der Waals surface area contributed by atoms with E-state index >= 15 is 0 Å². The highest BCUT2D eigenvalue weighted by Crippen LogP contribution is 2.29. The average Bonchev–Trinajstić information content (AvgIpc) is 3.37. The molecule has 2 aromatic carbocycles. The Labute approximate surface area is 167 Å². The first-order valence-corrected chi connectivity index (χ1v) is 10.3. The standard InChI is InChI=1S/C21H21FN4OS/c1-15-8-10-16(11-9-15)26-20(17-6-2-3-7-18(17)22)23-24-21(26)28-14-19(27)25-12-4-5-13-25/h2-3,6-11H,4-5,12-14H2,1H3. The summed E-state index contributed by atoms with van der Waals surface area (Å²) in [5.74, 6) is 0.473. The van der Waals surface area contributed by atoms with Gasteiger partial charge in [-0.2, -0.15) is 0 Å². The molecule has 0 atom stereocenters. The molecule has 2 heterocycles. The minimum absolute atomic E-state index is 0.105. The number of rotatable bonds is 5. The van der Waals surface area contributed by atoms with Gasteiger partial charge in [-0.1, -0.05) is 41.6 Å². The fraction of sp³-hybridized carbons (Fsp3) is 0.286. The van der Waals surface area contributed by atoms with E-state index in [1.807, 2.05) is 40.7 Å². The van der Waals surface area contributed by atoms with Crippen molar-refractivity contribution in [3.63, 3.8) is 0 Å². The highest BCUT2D eigenvalue weighted by Gasteiger charge is 2.22. The second-order valence-corrected chi connectivity index (χ2v) is 7.78. The van der Waals surface area contributed by atoms with Gasteiger partial charge in [-0.25, -0.2) is 4.39 Å². The van der Waals surface area contributed by atoms with Gasteiger partial charge in [-0.15, -0.1) is 10.2 Å². The quantitative estimate of drug-likeness (QED) is 0.610. The molecule has 7 heteroatoms. The third kappa shape index (κ3) is 3.80. The van der Waals surface area contributed by atoms with Crippen molar-refractivity contribution in [1.29, 1.82) is 0 Å². The molecule has 1 fully saturated rings. The summed E-state index contributed by atoms with van der Waals surface area (Å²) in [6.07, 6.45) is 2.13. The van der Waals surface area contributed by atoms with Crippen LogP contribution < -0.4 is 0 Å². The van der Waals surface area contributed by atoms with Gasteiger partial charge in [0.2, 0.25) is 5.91 Å². The van der Waals surface area contributed by atoms with Gasteiger partial charge in [0.1, 0.15) is 5.82 Å². The summed E-state index contributed by atoms with van der Waals surface area (Å²) in [5, 5.41) is 9.10. The first kappa shape index (κ1) is 18.7. The lowest BCUT2D eigenvalue weighted by Gasteiger charge is -2.15. The Morgan fingerprint density at radius 3 is 2.50 bits per heavy atom. The Bertz CT molecular complexity index is 980. The highest BCUT2D eigenvalue weighted by molar-refractivity contribution is 7.99. The first-order chi connectivity index (χ1) is 13.6. The second kappa shape index (κ2) is 8.14. The summed E-state index contributed by atoms with van der Waals surface area (Å²) < 4.78 is 16.2. The number of likely N-dealkylation sites (tertiary alicyclic amines) is 1. The Morgan fingerprint density at radius 2 is 1.79 bits per heavy atom. The maximum Gasteiger partial charge on any atom is 0.233 e. The number of halogens is 1. The van der Waals surface area contributed by atoms with Crippen LogP contribution in [-0.2, 0) is 4.79 Å². The number of aromatic nitrogens is 3. The van der Waals surface area contributed by atoms with Crippen molar-refractivity contribution in [2.75, 3.05) is 18.8 Å². The zero-order valence-corrected chi connectivity index (χ0v) is 16.5. The fourth-order valence-corrected chi connectivity index (χ4v) is 4.15. The maximum atomic E-state index is 14.4. The number of amides is 1. The minimum Gasteiger partial charge on any atom is -0.342 e. The highest BCUT2D eigenvalue weighted by atomic mass is 32.2. The number of thioether (sulfide) groups is 1. The van der Waals surface area contributed by atoms with Crippen molar-refractivity contribution >= 4 is 17.7 Å². The molecule has 0 spiro atoms. The summed E-state index contributed by atoms with van der Waals surface area (Å²) in [5.41, 5.74) is 2.35. The van der Waals surface area contributed by atoms with E-state index in [4.69, 9.17) is 0 Å². The molecule has 4 rings (SSSR count). The number of hydrogen-bond acceptors (Lipinski definition) is 4. The molecule has 3 aromatic rings. The molecule has 1 aliphatic heterocycles. The van der Waals surface area contributed by atoms with E-state index in [1.165, 1.54) is 17.8 Å². The summed E-state index contributed by atoms with van der Waals surface area (Å²) in [7, 11) is 0. The first-order valence-electron chi connectivity index (χ1n) is 9.31. The van der Waals surface area contributed by atoms with Crippen molar-refractivity contribution in [2.45, 2.75) is 24.9 Å². The number of carbonyl (C=O) groups excluding carboxylic acids is 1. The predicted octanol–water partition coefficient (Wildman–Crippen LogP) is 4.10. The van der Waals surface area contributed by atoms with Crippen LogP contribution in [-0.4, -0.2) is 44.4 Å². The van der Waals surface area contributed by atoms with Crippen molar-refractivity contribution in [1.82, 2.24) is 19.7 Å². The normalized spacial score (nSPS) is 13.9. The number of hydrogen-bond donors (Lipinski definition) is 0. The molecular weight excluding hydrogens is 375 g/mol. The van der Waals surface area contributed by atoms with Gasteiger partial charge in [0.25, 0.3) is 0 Å². The van der Waals surface area contributed by atoms with E-state index in [2.05, 4.69) is 10.2 Å².